The molecule has 6 nitrogen and oxygen atoms in total. The number of anilines is 1. The van der Waals surface area contributed by atoms with Gasteiger partial charge in [0.25, 0.3) is 5.56 Å². The number of hydrogen-bond acceptors (Lipinski definition) is 5. The van der Waals surface area contributed by atoms with Crippen LogP contribution in [0.15, 0.2) is 59.7 Å². The molecule has 1 N–H and O–H groups in total. The number of para-hydroxylation sites is 2. The van der Waals surface area contributed by atoms with E-state index in [1.54, 1.807) is 12.1 Å². The summed E-state index contributed by atoms with van der Waals surface area (Å²) in [4.78, 5) is 31.6. The van der Waals surface area contributed by atoms with E-state index < -0.39 is 0 Å². The first-order valence-electron chi connectivity index (χ1n) is 10.0. The zero-order valence-electron chi connectivity index (χ0n) is 17.6. The molecule has 0 aliphatic carbocycles. The summed E-state index contributed by atoms with van der Waals surface area (Å²) in [6.07, 6.45) is 1.66. The van der Waals surface area contributed by atoms with E-state index in [1.807, 2.05) is 57.2 Å². The van der Waals surface area contributed by atoms with Crippen molar-refractivity contribution in [2.24, 2.45) is 0 Å². The Morgan fingerprint density at radius 1 is 1.10 bits per heavy atom. The number of fused-ring (bicyclic) bond motifs is 1. The molecule has 0 saturated carbocycles. The predicted molar refractivity (Wildman–Crippen MR) is 124 cm³/mol. The first kappa shape index (κ1) is 20.8. The Bertz CT molecular complexity index is 1310. The average molecular weight is 434 g/mol. The van der Waals surface area contributed by atoms with Crippen LogP contribution in [0.1, 0.15) is 22.4 Å². The van der Waals surface area contributed by atoms with Crippen molar-refractivity contribution in [3.63, 3.8) is 0 Å². The number of nitrogens with one attached hydrogen (secondary N) is 1. The molecule has 0 fully saturated rings. The summed E-state index contributed by atoms with van der Waals surface area (Å²) >= 11 is 1.51. The molecule has 7 heteroatoms. The second-order valence-electron chi connectivity index (χ2n) is 7.42. The van der Waals surface area contributed by atoms with Crippen LogP contribution in [-0.4, -0.2) is 15.5 Å². The molecule has 0 atom stereocenters. The van der Waals surface area contributed by atoms with E-state index in [-0.39, 0.29) is 24.4 Å². The second kappa shape index (κ2) is 8.73. The van der Waals surface area contributed by atoms with E-state index in [0.717, 1.165) is 20.8 Å². The van der Waals surface area contributed by atoms with Gasteiger partial charge in [0.2, 0.25) is 5.91 Å². The highest BCUT2D eigenvalue weighted by Crippen LogP contribution is 2.29. The molecule has 0 aliphatic rings. The van der Waals surface area contributed by atoms with E-state index in [1.165, 1.54) is 22.2 Å². The Morgan fingerprint density at radius 3 is 2.61 bits per heavy atom. The lowest BCUT2D eigenvalue weighted by molar-refractivity contribution is -0.116. The normalized spacial score (nSPS) is 10.9. The van der Waals surface area contributed by atoms with Gasteiger partial charge in [-0.15, -0.1) is 11.3 Å². The number of aryl methyl sites for hydroxylation is 4. The fraction of sp³-hybridized carbons (Fsp3) is 0.208. The summed E-state index contributed by atoms with van der Waals surface area (Å²) < 4.78 is 7.43. The number of ether oxygens (including phenoxy) is 1. The molecule has 0 bridgehead atoms. The number of thiophene rings is 1. The van der Waals surface area contributed by atoms with Gasteiger partial charge in [-0.2, -0.15) is 0 Å². The molecule has 2 heterocycles. The second-order valence-corrected chi connectivity index (χ2v) is 8.62. The molecule has 4 aromatic rings. The number of amides is 1. The van der Waals surface area contributed by atoms with Crippen LogP contribution in [0.25, 0.3) is 10.2 Å². The van der Waals surface area contributed by atoms with E-state index in [9.17, 15) is 9.59 Å². The summed E-state index contributed by atoms with van der Waals surface area (Å²) in [7, 11) is 0. The number of carbonyl (C=O) groups excluding carboxylic acids is 1. The zero-order chi connectivity index (χ0) is 22.0. The molecule has 2 aromatic carbocycles. The van der Waals surface area contributed by atoms with Crippen molar-refractivity contribution in [3.05, 3.63) is 81.2 Å². The lowest BCUT2D eigenvalue weighted by Gasteiger charge is -2.13. The molecule has 31 heavy (non-hydrogen) atoms. The van der Waals surface area contributed by atoms with Crippen molar-refractivity contribution in [2.75, 3.05) is 5.32 Å². The van der Waals surface area contributed by atoms with Crippen LogP contribution in [0.5, 0.6) is 11.5 Å². The minimum atomic E-state index is -0.204. The Labute approximate surface area is 184 Å². The van der Waals surface area contributed by atoms with Crippen molar-refractivity contribution in [2.45, 2.75) is 33.7 Å². The largest absolute Gasteiger partial charge is 0.455 e. The Hall–Kier alpha value is -3.45. The lowest BCUT2D eigenvalue weighted by atomic mass is 10.2. The number of carbonyl (C=O) groups is 1. The monoisotopic (exact) mass is 433 g/mol. The van der Waals surface area contributed by atoms with E-state index in [4.69, 9.17) is 4.74 Å². The Kier molecular flexibility index (Phi) is 5.86. The van der Waals surface area contributed by atoms with Gasteiger partial charge in [-0.05, 0) is 50.6 Å². The lowest BCUT2D eigenvalue weighted by Crippen LogP contribution is -2.23. The summed E-state index contributed by atoms with van der Waals surface area (Å²) in [5.74, 6) is 1.05. The number of hydrogen-bond donors (Lipinski definition) is 1. The maximum Gasteiger partial charge on any atom is 0.262 e. The number of nitrogens with zero attached hydrogens (tertiary/aromatic N) is 2. The molecule has 0 aliphatic heterocycles. The maximum absolute atomic E-state index is 12.8. The van der Waals surface area contributed by atoms with Gasteiger partial charge in [0.1, 0.15) is 10.6 Å². The van der Waals surface area contributed by atoms with Crippen LogP contribution in [0.3, 0.4) is 0 Å². The maximum atomic E-state index is 12.8. The van der Waals surface area contributed by atoms with Crippen molar-refractivity contribution < 1.29 is 9.53 Å². The number of benzene rings is 2. The van der Waals surface area contributed by atoms with E-state index in [0.29, 0.717) is 22.6 Å². The molecule has 0 unspecified atom stereocenters. The quantitative estimate of drug-likeness (QED) is 0.453. The predicted octanol–water partition coefficient (Wildman–Crippen LogP) is 5.20. The first-order valence-corrected chi connectivity index (χ1v) is 10.8. The summed E-state index contributed by atoms with van der Waals surface area (Å²) in [5, 5.41) is 3.53. The highest BCUT2D eigenvalue weighted by atomic mass is 32.1. The SMILES string of the molecule is Cc1ccc(Oc2ccccc2NC(=O)CCn2cnc3sc(C)c(C)c3c2=O)cc1. The van der Waals surface area contributed by atoms with Gasteiger partial charge in [0.15, 0.2) is 5.75 Å². The summed E-state index contributed by atoms with van der Waals surface area (Å²) in [5.41, 5.74) is 2.57. The smallest absolute Gasteiger partial charge is 0.262 e. The highest BCUT2D eigenvalue weighted by molar-refractivity contribution is 7.18. The van der Waals surface area contributed by atoms with Crippen LogP contribution in [0, 0.1) is 20.8 Å². The van der Waals surface area contributed by atoms with Crippen molar-refractivity contribution in [1.29, 1.82) is 0 Å². The topological polar surface area (TPSA) is 73.2 Å². The van der Waals surface area contributed by atoms with Crippen LogP contribution >= 0.6 is 11.3 Å². The van der Waals surface area contributed by atoms with Gasteiger partial charge < -0.3 is 10.1 Å². The minimum absolute atomic E-state index is 0.109. The van der Waals surface area contributed by atoms with Gasteiger partial charge in [0.05, 0.1) is 17.4 Å². The summed E-state index contributed by atoms with van der Waals surface area (Å²) in [6.45, 7) is 6.18. The van der Waals surface area contributed by atoms with Gasteiger partial charge in [0, 0.05) is 17.8 Å². The molecule has 2 aromatic heterocycles. The zero-order valence-corrected chi connectivity index (χ0v) is 18.5. The third-order valence-corrected chi connectivity index (χ3v) is 6.26. The third kappa shape index (κ3) is 4.51. The van der Waals surface area contributed by atoms with Crippen LogP contribution < -0.4 is 15.6 Å². The van der Waals surface area contributed by atoms with Crippen LogP contribution in [0.4, 0.5) is 5.69 Å². The average Bonchev–Trinajstić information content (AvgIpc) is 3.05. The van der Waals surface area contributed by atoms with Crippen molar-refractivity contribution in [1.82, 2.24) is 9.55 Å². The molecular formula is C24H23N3O3S. The number of rotatable bonds is 6. The van der Waals surface area contributed by atoms with Gasteiger partial charge >= 0.3 is 0 Å². The van der Waals surface area contributed by atoms with Crippen LogP contribution in [-0.2, 0) is 11.3 Å². The number of aromatic nitrogens is 2. The first-order chi connectivity index (χ1) is 14.9. The molecular weight excluding hydrogens is 410 g/mol. The standard InChI is InChI=1S/C24H23N3O3S/c1-15-8-10-18(11-9-15)30-20-7-5-4-6-19(20)26-21(28)12-13-27-14-25-23-22(24(27)29)16(2)17(3)31-23/h4-11,14H,12-13H2,1-3H3,(H,26,28). The molecule has 158 valence electrons. The highest BCUT2D eigenvalue weighted by Gasteiger charge is 2.13. The molecule has 1 amide bonds. The molecule has 0 radical (unpaired) electrons. The fourth-order valence-electron chi connectivity index (χ4n) is 3.26. The summed E-state index contributed by atoms with van der Waals surface area (Å²) in [6, 6.07) is 15.0. The van der Waals surface area contributed by atoms with Crippen LogP contribution in [0.2, 0.25) is 0 Å². The molecule has 4 rings (SSSR count). The fourth-order valence-corrected chi connectivity index (χ4v) is 4.24. The van der Waals surface area contributed by atoms with E-state index in [2.05, 4.69) is 10.3 Å². The van der Waals surface area contributed by atoms with E-state index >= 15 is 0 Å². The Balaban J connectivity index is 1.46. The molecule has 0 spiro atoms. The van der Waals surface area contributed by atoms with Gasteiger partial charge in [-0.3, -0.25) is 14.2 Å². The Morgan fingerprint density at radius 2 is 1.84 bits per heavy atom. The third-order valence-electron chi connectivity index (χ3n) is 5.15. The van der Waals surface area contributed by atoms with Gasteiger partial charge in [-0.1, -0.05) is 29.8 Å². The van der Waals surface area contributed by atoms with Crippen molar-refractivity contribution in [3.8, 4) is 11.5 Å². The van der Waals surface area contributed by atoms with Gasteiger partial charge in [-0.25, -0.2) is 4.98 Å². The molecule has 0 saturated heterocycles. The minimum Gasteiger partial charge on any atom is -0.455 e. The van der Waals surface area contributed by atoms with Crippen molar-refractivity contribution >= 4 is 33.1 Å².